The van der Waals surface area contributed by atoms with E-state index in [1.54, 1.807) is 0 Å². The molecule has 4 heteroatoms. The van der Waals surface area contributed by atoms with Crippen LogP contribution < -0.4 is 5.32 Å². The van der Waals surface area contributed by atoms with Crippen molar-refractivity contribution in [3.05, 3.63) is 33.8 Å². The monoisotopic (exact) mass is 301 g/mol. The standard InChI is InChI=1S/C13H20BrNO2/c1-11-3-4-12(9-13(11)14)10-15-5-2-7-17-8-6-16/h3-4,9,15-16H,2,5-8,10H2,1H3. The van der Waals surface area contributed by atoms with E-state index in [2.05, 4.69) is 46.4 Å². The number of benzene rings is 1. The van der Waals surface area contributed by atoms with E-state index in [9.17, 15) is 0 Å². The van der Waals surface area contributed by atoms with Gasteiger partial charge >= 0.3 is 0 Å². The van der Waals surface area contributed by atoms with Gasteiger partial charge in [-0.1, -0.05) is 28.1 Å². The van der Waals surface area contributed by atoms with Crippen molar-refractivity contribution in [1.29, 1.82) is 0 Å². The average molecular weight is 302 g/mol. The van der Waals surface area contributed by atoms with Gasteiger partial charge in [0, 0.05) is 17.6 Å². The van der Waals surface area contributed by atoms with Crippen LogP contribution in [-0.2, 0) is 11.3 Å². The molecule has 3 nitrogen and oxygen atoms in total. The van der Waals surface area contributed by atoms with Crippen molar-refractivity contribution >= 4 is 15.9 Å². The van der Waals surface area contributed by atoms with Gasteiger partial charge in [0.05, 0.1) is 13.2 Å². The maximum atomic E-state index is 8.52. The second-order valence-corrected chi connectivity index (χ2v) is 4.80. The van der Waals surface area contributed by atoms with Gasteiger partial charge in [0.2, 0.25) is 0 Å². The summed E-state index contributed by atoms with van der Waals surface area (Å²) in [5.41, 5.74) is 2.53. The Kier molecular flexibility index (Phi) is 7.44. The Hall–Kier alpha value is -0.420. The van der Waals surface area contributed by atoms with Crippen LogP contribution in [0.3, 0.4) is 0 Å². The summed E-state index contributed by atoms with van der Waals surface area (Å²) in [6, 6.07) is 6.39. The minimum atomic E-state index is 0.102. The molecular weight excluding hydrogens is 282 g/mol. The molecule has 0 aromatic heterocycles. The van der Waals surface area contributed by atoms with Crippen LogP contribution in [0.25, 0.3) is 0 Å². The highest BCUT2D eigenvalue weighted by Crippen LogP contribution is 2.17. The number of hydrogen-bond acceptors (Lipinski definition) is 3. The van der Waals surface area contributed by atoms with Crippen molar-refractivity contribution in [2.75, 3.05) is 26.4 Å². The Labute approximate surface area is 111 Å². The SMILES string of the molecule is Cc1ccc(CNCCCOCCO)cc1Br. The minimum absolute atomic E-state index is 0.102. The molecule has 0 fully saturated rings. The first-order valence-corrected chi connectivity index (χ1v) is 6.67. The molecule has 0 spiro atoms. The molecule has 0 aliphatic rings. The second-order valence-electron chi connectivity index (χ2n) is 3.95. The molecule has 1 aromatic rings. The minimum Gasteiger partial charge on any atom is -0.394 e. The maximum Gasteiger partial charge on any atom is 0.0697 e. The van der Waals surface area contributed by atoms with Crippen LogP contribution in [0.5, 0.6) is 0 Å². The molecule has 0 heterocycles. The molecule has 96 valence electrons. The highest BCUT2D eigenvalue weighted by atomic mass is 79.9. The summed E-state index contributed by atoms with van der Waals surface area (Å²) >= 11 is 3.53. The third-order valence-corrected chi connectivity index (χ3v) is 3.30. The first-order chi connectivity index (χ1) is 8.24. The Morgan fingerprint density at radius 3 is 2.88 bits per heavy atom. The molecule has 0 saturated heterocycles. The number of halogens is 1. The lowest BCUT2D eigenvalue weighted by atomic mass is 10.1. The van der Waals surface area contributed by atoms with Gasteiger partial charge in [-0.2, -0.15) is 0 Å². The van der Waals surface area contributed by atoms with Crippen LogP contribution >= 0.6 is 15.9 Å². The van der Waals surface area contributed by atoms with Crippen molar-refractivity contribution in [2.24, 2.45) is 0 Å². The molecule has 2 N–H and O–H groups in total. The summed E-state index contributed by atoms with van der Waals surface area (Å²) in [6.07, 6.45) is 0.965. The van der Waals surface area contributed by atoms with Gasteiger partial charge in [-0.3, -0.25) is 0 Å². The van der Waals surface area contributed by atoms with Gasteiger partial charge in [-0.15, -0.1) is 0 Å². The zero-order valence-corrected chi connectivity index (χ0v) is 11.8. The third kappa shape index (κ3) is 6.17. The quantitative estimate of drug-likeness (QED) is 0.724. The Balaban J connectivity index is 2.11. The Morgan fingerprint density at radius 1 is 1.35 bits per heavy atom. The number of aryl methyl sites for hydroxylation is 1. The zero-order valence-electron chi connectivity index (χ0n) is 10.2. The summed E-state index contributed by atoms with van der Waals surface area (Å²) in [7, 11) is 0. The Morgan fingerprint density at radius 2 is 2.18 bits per heavy atom. The predicted octanol–water partition coefficient (Wildman–Crippen LogP) is 2.25. The highest BCUT2D eigenvalue weighted by molar-refractivity contribution is 9.10. The molecule has 1 rings (SSSR count). The van der Waals surface area contributed by atoms with E-state index in [1.165, 1.54) is 11.1 Å². The number of rotatable bonds is 8. The number of ether oxygens (including phenoxy) is 1. The van der Waals surface area contributed by atoms with Gasteiger partial charge < -0.3 is 15.2 Å². The number of hydrogen-bond donors (Lipinski definition) is 2. The van der Waals surface area contributed by atoms with Crippen molar-refractivity contribution in [3.63, 3.8) is 0 Å². The molecule has 1 aromatic carbocycles. The van der Waals surface area contributed by atoms with Crippen molar-refractivity contribution < 1.29 is 9.84 Å². The third-order valence-electron chi connectivity index (χ3n) is 2.44. The largest absolute Gasteiger partial charge is 0.394 e. The molecule has 0 aliphatic carbocycles. The summed E-state index contributed by atoms with van der Waals surface area (Å²) in [4.78, 5) is 0. The molecule has 0 radical (unpaired) electrons. The topological polar surface area (TPSA) is 41.5 Å². The summed E-state index contributed by atoms with van der Waals surface area (Å²) < 4.78 is 6.33. The molecule has 0 saturated carbocycles. The number of aliphatic hydroxyl groups excluding tert-OH is 1. The van der Waals surface area contributed by atoms with E-state index in [1.807, 2.05) is 0 Å². The van der Waals surface area contributed by atoms with Gasteiger partial charge in [0.1, 0.15) is 0 Å². The lowest BCUT2D eigenvalue weighted by Crippen LogP contribution is -2.16. The van der Waals surface area contributed by atoms with E-state index in [0.717, 1.165) is 24.0 Å². The normalized spacial score (nSPS) is 10.8. The lowest BCUT2D eigenvalue weighted by molar-refractivity contribution is 0.0907. The van der Waals surface area contributed by atoms with Crippen LogP contribution in [0.4, 0.5) is 0 Å². The fraction of sp³-hybridized carbons (Fsp3) is 0.538. The van der Waals surface area contributed by atoms with Crippen molar-refractivity contribution in [3.8, 4) is 0 Å². The first-order valence-electron chi connectivity index (χ1n) is 5.88. The van der Waals surface area contributed by atoms with Gasteiger partial charge in [0.25, 0.3) is 0 Å². The van der Waals surface area contributed by atoms with Crippen molar-refractivity contribution in [2.45, 2.75) is 19.9 Å². The second kappa shape index (κ2) is 8.64. The van der Waals surface area contributed by atoms with Crippen LogP contribution in [0, 0.1) is 6.92 Å². The van der Waals surface area contributed by atoms with Crippen LogP contribution in [0.15, 0.2) is 22.7 Å². The van der Waals surface area contributed by atoms with Crippen LogP contribution in [0.2, 0.25) is 0 Å². The molecule has 0 aliphatic heterocycles. The first kappa shape index (κ1) is 14.6. The zero-order chi connectivity index (χ0) is 12.5. The van der Waals surface area contributed by atoms with Gasteiger partial charge in [0.15, 0.2) is 0 Å². The maximum absolute atomic E-state index is 8.52. The lowest BCUT2D eigenvalue weighted by Gasteiger charge is -2.07. The summed E-state index contributed by atoms with van der Waals surface area (Å²) in [5, 5.41) is 11.9. The van der Waals surface area contributed by atoms with Gasteiger partial charge in [-0.25, -0.2) is 0 Å². The summed E-state index contributed by atoms with van der Waals surface area (Å²) in [6.45, 7) is 5.12. The molecule has 0 unspecified atom stereocenters. The van der Waals surface area contributed by atoms with E-state index in [-0.39, 0.29) is 6.61 Å². The predicted molar refractivity (Wildman–Crippen MR) is 73.1 cm³/mol. The molecule has 0 bridgehead atoms. The number of nitrogens with one attached hydrogen (secondary N) is 1. The van der Waals surface area contributed by atoms with E-state index in [0.29, 0.717) is 13.2 Å². The summed E-state index contributed by atoms with van der Waals surface area (Å²) in [5.74, 6) is 0. The van der Waals surface area contributed by atoms with E-state index in [4.69, 9.17) is 9.84 Å². The molecule has 0 atom stereocenters. The average Bonchev–Trinajstić information content (AvgIpc) is 2.32. The van der Waals surface area contributed by atoms with E-state index >= 15 is 0 Å². The van der Waals surface area contributed by atoms with Crippen LogP contribution in [0.1, 0.15) is 17.5 Å². The number of aliphatic hydroxyl groups is 1. The van der Waals surface area contributed by atoms with Gasteiger partial charge in [-0.05, 0) is 37.1 Å². The highest BCUT2D eigenvalue weighted by Gasteiger charge is 1.97. The van der Waals surface area contributed by atoms with Crippen molar-refractivity contribution in [1.82, 2.24) is 5.32 Å². The molecule has 17 heavy (non-hydrogen) atoms. The molecular formula is C13H20BrNO2. The smallest absolute Gasteiger partial charge is 0.0697 e. The molecule has 0 amide bonds. The van der Waals surface area contributed by atoms with E-state index < -0.39 is 0 Å². The fourth-order valence-electron chi connectivity index (χ4n) is 1.44. The van der Waals surface area contributed by atoms with Crippen LogP contribution in [-0.4, -0.2) is 31.5 Å². The fourth-order valence-corrected chi connectivity index (χ4v) is 1.87. The Bertz CT molecular complexity index is 331.